The Hall–Kier alpha value is -0.620. The summed E-state index contributed by atoms with van der Waals surface area (Å²) in [6.45, 7) is 2.23. The van der Waals surface area contributed by atoms with Gasteiger partial charge in [-0.15, -0.1) is 0 Å². The normalized spacial score (nSPS) is 17.9. The topological polar surface area (TPSA) is 75.3 Å². The zero-order valence-corrected chi connectivity index (χ0v) is 11.2. The molecule has 0 radical (unpaired) electrons. The van der Waals surface area contributed by atoms with Gasteiger partial charge in [0.2, 0.25) is 15.9 Å². The summed E-state index contributed by atoms with van der Waals surface area (Å²) in [5, 5.41) is 2.78. The molecular weight excluding hydrogens is 240 g/mol. The molecule has 0 heterocycles. The van der Waals surface area contributed by atoms with E-state index >= 15 is 0 Å². The molecule has 0 aromatic heterocycles. The molecule has 1 saturated carbocycles. The number of sulfonamides is 1. The van der Waals surface area contributed by atoms with Crippen molar-refractivity contribution in [3.05, 3.63) is 0 Å². The van der Waals surface area contributed by atoms with Crippen LogP contribution in [0.25, 0.3) is 0 Å². The highest BCUT2D eigenvalue weighted by atomic mass is 32.2. The number of carbonyl (C=O) groups is 1. The van der Waals surface area contributed by atoms with Crippen LogP contribution in [0.4, 0.5) is 0 Å². The van der Waals surface area contributed by atoms with E-state index in [9.17, 15) is 13.2 Å². The monoisotopic (exact) mass is 262 g/mol. The van der Waals surface area contributed by atoms with E-state index in [1.165, 1.54) is 6.42 Å². The minimum Gasteiger partial charge on any atom is -0.355 e. The Balaban J connectivity index is 2.15. The number of rotatable bonds is 6. The standard InChI is InChI=1S/C11H22N2O3S/c1-2-17(15,16)13-9-8-12-11(14)10-6-4-3-5-7-10/h10,13H,2-9H2,1H3,(H,12,14). The smallest absolute Gasteiger partial charge is 0.223 e. The summed E-state index contributed by atoms with van der Waals surface area (Å²) in [6.07, 6.45) is 5.40. The summed E-state index contributed by atoms with van der Waals surface area (Å²) in [4.78, 5) is 11.7. The molecule has 0 spiro atoms. The van der Waals surface area contributed by atoms with Crippen LogP contribution in [0.3, 0.4) is 0 Å². The predicted octanol–water partition coefficient (Wildman–Crippen LogP) is 0.622. The molecule has 0 aromatic carbocycles. The second-order valence-corrected chi connectivity index (χ2v) is 6.52. The van der Waals surface area contributed by atoms with Crippen molar-refractivity contribution < 1.29 is 13.2 Å². The number of amides is 1. The van der Waals surface area contributed by atoms with Gasteiger partial charge in [0.1, 0.15) is 0 Å². The quantitative estimate of drug-likeness (QED) is 0.689. The highest BCUT2D eigenvalue weighted by Crippen LogP contribution is 2.23. The second kappa shape index (κ2) is 6.96. The Morgan fingerprint density at radius 3 is 2.41 bits per heavy atom. The lowest BCUT2D eigenvalue weighted by atomic mass is 9.89. The molecule has 1 rings (SSSR count). The first kappa shape index (κ1) is 14.4. The third-order valence-corrected chi connectivity index (χ3v) is 4.51. The molecule has 0 aliphatic heterocycles. The SMILES string of the molecule is CCS(=O)(=O)NCCNC(=O)C1CCCCC1. The lowest BCUT2D eigenvalue weighted by Gasteiger charge is -2.20. The van der Waals surface area contributed by atoms with Crippen LogP contribution in [-0.4, -0.2) is 33.2 Å². The summed E-state index contributed by atoms with van der Waals surface area (Å²) >= 11 is 0. The van der Waals surface area contributed by atoms with Gasteiger partial charge < -0.3 is 5.32 Å². The van der Waals surface area contributed by atoms with Crippen LogP contribution in [0.15, 0.2) is 0 Å². The molecule has 0 saturated heterocycles. The molecule has 1 aliphatic rings. The van der Waals surface area contributed by atoms with Crippen molar-refractivity contribution in [2.75, 3.05) is 18.8 Å². The van der Waals surface area contributed by atoms with Crippen molar-refractivity contribution in [2.24, 2.45) is 5.92 Å². The molecule has 1 aliphatic carbocycles. The van der Waals surface area contributed by atoms with Gasteiger partial charge in [0.25, 0.3) is 0 Å². The van der Waals surface area contributed by atoms with E-state index in [4.69, 9.17) is 0 Å². The maximum atomic E-state index is 11.7. The van der Waals surface area contributed by atoms with Crippen molar-refractivity contribution in [3.63, 3.8) is 0 Å². The van der Waals surface area contributed by atoms with Gasteiger partial charge in [-0.25, -0.2) is 13.1 Å². The highest BCUT2D eigenvalue weighted by molar-refractivity contribution is 7.89. The van der Waals surface area contributed by atoms with E-state index < -0.39 is 10.0 Å². The van der Waals surface area contributed by atoms with Crippen LogP contribution < -0.4 is 10.0 Å². The molecule has 6 heteroatoms. The fourth-order valence-corrected chi connectivity index (χ4v) is 2.62. The van der Waals surface area contributed by atoms with E-state index in [2.05, 4.69) is 10.0 Å². The number of hydrogen-bond donors (Lipinski definition) is 2. The number of hydrogen-bond acceptors (Lipinski definition) is 3. The van der Waals surface area contributed by atoms with Crippen LogP contribution in [0.1, 0.15) is 39.0 Å². The Kier molecular flexibility index (Phi) is 5.91. The Morgan fingerprint density at radius 1 is 1.18 bits per heavy atom. The van der Waals surface area contributed by atoms with Crippen molar-refractivity contribution in [1.29, 1.82) is 0 Å². The van der Waals surface area contributed by atoms with Gasteiger partial charge in [-0.1, -0.05) is 19.3 Å². The van der Waals surface area contributed by atoms with Gasteiger partial charge in [-0.2, -0.15) is 0 Å². The van der Waals surface area contributed by atoms with Crippen LogP contribution in [0.5, 0.6) is 0 Å². The third kappa shape index (κ3) is 5.50. The molecule has 2 N–H and O–H groups in total. The molecule has 100 valence electrons. The molecule has 1 fully saturated rings. The summed E-state index contributed by atoms with van der Waals surface area (Å²) in [7, 11) is -3.14. The maximum Gasteiger partial charge on any atom is 0.223 e. The summed E-state index contributed by atoms with van der Waals surface area (Å²) in [5.74, 6) is 0.274. The Bertz CT molecular complexity index is 335. The molecule has 0 unspecified atom stereocenters. The van der Waals surface area contributed by atoms with E-state index in [-0.39, 0.29) is 24.1 Å². The summed E-state index contributed by atoms with van der Waals surface area (Å²) < 4.78 is 24.7. The Morgan fingerprint density at radius 2 is 1.82 bits per heavy atom. The minimum absolute atomic E-state index is 0.0698. The zero-order valence-electron chi connectivity index (χ0n) is 10.4. The van der Waals surface area contributed by atoms with Crippen LogP contribution in [-0.2, 0) is 14.8 Å². The van der Waals surface area contributed by atoms with Crippen molar-refractivity contribution in [1.82, 2.24) is 10.0 Å². The molecule has 0 bridgehead atoms. The third-order valence-electron chi connectivity index (χ3n) is 3.10. The highest BCUT2D eigenvalue weighted by Gasteiger charge is 2.20. The Labute approximate surface area is 103 Å². The van der Waals surface area contributed by atoms with E-state index in [1.807, 2.05) is 0 Å². The first-order chi connectivity index (χ1) is 8.05. The van der Waals surface area contributed by atoms with Gasteiger partial charge in [-0.3, -0.25) is 4.79 Å². The van der Waals surface area contributed by atoms with E-state index in [0.717, 1.165) is 25.7 Å². The average molecular weight is 262 g/mol. The van der Waals surface area contributed by atoms with Crippen LogP contribution >= 0.6 is 0 Å². The summed E-state index contributed by atoms with van der Waals surface area (Å²) in [6, 6.07) is 0. The van der Waals surface area contributed by atoms with Crippen molar-refractivity contribution in [3.8, 4) is 0 Å². The van der Waals surface area contributed by atoms with E-state index in [0.29, 0.717) is 6.54 Å². The first-order valence-corrected chi connectivity index (χ1v) is 7.95. The fraction of sp³-hybridized carbons (Fsp3) is 0.909. The van der Waals surface area contributed by atoms with Gasteiger partial charge >= 0.3 is 0 Å². The molecule has 0 aromatic rings. The fourth-order valence-electron chi connectivity index (χ4n) is 2.00. The average Bonchev–Trinajstić information content (AvgIpc) is 2.35. The second-order valence-electron chi connectivity index (χ2n) is 4.42. The summed E-state index contributed by atoms with van der Waals surface area (Å²) in [5.41, 5.74) is 0. The van der Waals surface area contributed by atoms with E-state index in [1.54, 1.807) is 6.92 Å². The van der Waals surface area contributed by atoms with Crippen LogP contribution in [0, 0.1) is 5.92 Å². The zero-order chi connectivity index (χ0) is 12.7. The molecular formula is C11H22N2O3S. The molecule has 5 nitrogen and oxygen atoms in total. The van der Waals surface area contributed by atoms with Gasteiger partial charge in [-0.05, 0) is 19.8 Å². The van der Waals surface area contributed by atoms with Crippen molar-refractivity contribution >= 4 is 15.9 Å². The number of carbonyl (C=O) groups excluding carboxylic acids is 1. The van der Waals surface area contributed by atoms with Gasteiger partial charge in [0.05, 0.1) is 5.75 Å². The van der Waals surface area contributed by atoms with Gasteiger partial charge in [0.15, 0.2) is 0 Å². The molecule has 0 atom stereocenters. The largest absolute Gasteiger partial charge is 0.355 e. The maximum absolute atomic E-state index is 11.7. The predicted molar refractivity (Wildman–Crippen MR) is 67.0 cm³/mol. The lowest BCUT2D eigenvalue weighted by Crippen LogP contribution is -2.38. The van der Waals surface area contributed by atoms with Gasteiger partial charge in [0, 0.05) is 19.0 Å². The minimum atomic E-state index is -3.14. The van der Waals surface area contributed by atoms with Crippen molar-refractivity contribution in [2.45, 2.75) is 39.0 Å². The number of nitrogens with one attached hydrogen (secondary N) is 2. The van der Waals surface area contributed by atoms with Crippen LogP contribution in [0.2, 0.25) is 0 Å². The lowest BCUT2D eigenvalue weighted by molar-refractivity contribution is -0.125. The first-order valence-electron chi connectivity index (χ1n) is 6.30. The molecule has 1 amide bonds. The molecule has 17 heavy (non-hydrogen) atoms.